The highest BCUT2D eigenvalue weighted by molar-refractivity contribution is 7.98. The highest BCUT2D eigenvalue weighted by Gasteiger charge is 2.16. The molecule has 1 amide bonds. The standard InChI is InChI=1S/C11H17N3OS/c1-8(7-16-3)14(2)11(15)9-4-5-10(12)13-6-9/h4-6,8H,7H2,1-3H3,(H2,12,13). The first-order chi connectivity index (χ1) is 7.56. The molecule has 0 saturated heterocycles. The Kier molecular flexibility index (Phi) is 4.61. The van der Waals surface area contributed by atoms with E-state index in [4.69, 9.17) is 5.73 Å². The van der Waals surface area contributed by atoms with Crippen molar-refractivity contribution in [3.8, 4) is 0 Å². The fourth-order valence-electron chi connectivity index (χ4n) is 1.29. The van der Waals surface area contributed by atoms with Crippen LogP contribution in [0.3, 0.4) is 0 Å². The molecule has 1 rings (SSSR count). The van der Waals surface area contributed by atoms with Crippen molar-refractivity contribution in [2.45, 2.75) is 13.0 Å². The smallest absolute Gasteiger partial charge is 0.255 e. The summed E-state index contributed by atoms with van der Waals surface area (Å²) >= 11 is 1.72. The first-order valence-electron chi connectivity index (χ1n) is 5.04. The maximum Gasteiger partial charge on any atom is 0.255 e. The Labute approximate surface area is 100 Å². The van der Waals surface area contributed by atoms with Crippen LogP contribution in [0.25, 0.3) is 0 Å². The second-order valence-electron chi connectivity index (χ2n) is 3.69. The van der Waals surface area contributed by atoms with E-state index < -0.39 is 0 Å². The summed E-state index contributed by atoms with van der Waals surface area (Å²) in [6.45, 7) is 2.03. The van der Waals surface area contributed by atoms with Gasteiger partial charge >= 0.3 is 0 Å². The van der Waals surface area contributed by atoms with Gasteiger partial charge in [-0.25, -0.2) is 4.98 Å². The van der Waals surface area contributed by atoms with Crippen LogP contribution in [0.2, 0.25) is 0 Å². The maximum atomic E-state index is 12.0. The van der Waals surface area contributed by atoms with E-state index in [0.29, 0.717) is 11.4 Å². The molecule has 5 heteroatoms. The molecule has 4 nitrogen and oxygen atoms in total. The fourth-order valence-corrected chi connectivity index (χ4v) is 1.99. The molecule has 0 aromatic carbocycles. The largest absolute Gasteiger partial charge is 0.384 e. The molecule has 2 N–H and O–H groups in total. The molecule has 88 valence electrons. The Morgan fingerprint density at radius 1 is 1.62 bits per heavy atom. The SMILES string of the molecule is CSCC(C)N(C)C(=O)c1ccc(N)nc1. The minimum Gasteiger partial charge on any atom is -0.384 e. The molecular weight excluding hydrogens is 222 g/mol. The molecule has 0 aliphatic rings. The zero-order chi connectivity index (χ0) is 12.1. The highest BCUT2D eigenvalue weighted by atomic mass is 32.2. The van der Waals surface area contributed by atoms with E-state index in [-0.39, 0.29) is 11.9 Å². The summed E-state index contributed by atoms with van der Waals surface area (Å²) in [6, 6.07) is 3.55. The number of aromatic nitrogens is 1. The monoisotopic (exact) mass is 239 g/mol. The molecular formula is C11H17N3OS. The number of nitrogen functional groups attached to an aromatic ring is 1. The van der Waals surface area contributed by atoms with Crippen molar-refractivity contribution in [3.05, 3.63) is 23.9 Å². The molecule has 0 radical (unpaired) electrons. The van der Waals surface area contributed by atoms with Crippen molar-refractivity contribution >= 4 is 23.5 Å². The number of pyridine rings is 1. The van der Waals surface area contributed by atoms with Gasteiger partial charge in [-0.1, -0.05) is 0 Å². The molecule has 0 saturated carbocycles. The molecule has 0 aliphatic heterocycles. The van der Waals surface area contributed by atoms with E-state index in [1.807, 2.05) is 13.2 Å². The Hall–Kier alpha value is -1.23. The molecule has 0 fully saturated rings. The third-order valence-corrected chi connectivity index (χ3v) is 3.24. The number of nitrogens with zero attached hydrogens (tertiary/aromatic N) is 2. The second-order valence-corrected chi connectivity index (χ2v) is 4.60. The maximum absolute atomic E-state index is 12.0. The summed E-state index contributed by atoms with van der Waals surface area (Å²) in [5.41, 5.74) is 6.04. The number of carbonyl (C=O) groups is 1. The van der Waals surface area contributed by atoms with Crippen LogP contribution in [0.15, 0.2) is 18.3 Å². The average molecular weight is 239 g/mol. The average Bonchev–Trinajstić information content (AvgIpc) is 2.28. The van der Waals surface area contributed by atoms with Crippen molar-refractivity contribution < 1.29 is 4.79 Å². The fraction of sp³-hybridized carbons (Fsp3) is 0.455. The molecule has 0 spiro atoms. The lowest BCUT2D eigenvalue weighted by Gasteiger charge is -2.24. The van der Waals surface area contributed by atoms with Gasteiger partial charge in [0, 0.05) is 25.0 Å². The molecule has 1 heterocycles. The van der Waals surface area contributed by atoms with Crippen LogP contribution < -0.4 is 5.73 Å². The number of nitrogens with two attached hydrogens (primary N) is 1. The molecule has 0 bridgehead atoms. The number of hydrogen-bond acceptors (Lipinski definition) is 4. The molecule has 1 aromatic rings. The van der Waals surface area contributed by atoms with Gasteiger partial charge in [0.1, 0.15) is 5.82 Å². The molecule has 1 aromatic heterocycles. The van der Waals surface area contributed by atoms with E-state index in [1.54, 1.807) is 35.8 Å². The summed E-state index contributed by atoms with van der Waals surface area (Å²) in [5.74, 6) is 1.33. The van der Waals surface area contributed by atoms with Crippen LogP contribution in [-0.4, -0.2) is 40.9 Å². The summed E-state index contributed by atoms with van der Waals surface area (Å²) in [7, 11) is 1.81. The van der Waals surface area contributed by atoms with Crippen LogP contribution in [0.1, 0.15) is 17.3 Å². The zero-order valence-corrected chi connectivity index (χ0v) is 10.6. The van der Waals surface area contributed by atoms with Gasteiger partial charge in [0.2, 0.25) is 0 Å². The van der Waals surface area contributed by atoms with Crippen molar-refractivity contribution in [1.29, 1.82) is 0 Å². The lowest BCUT2D eigenvalue weighted by Crippen LogP contribution is -2.36. The zero-order valence-electron chi connectivity index (χ0n) is 9.80. The van der Waals surface area contributed by atoms with Crippen LogP contribution in [0.4, 0.5) is 5.82 Å². The van der Waals surface area contributed by atoms with Gasteiger partial charge in [-0.05, 0) is 25.3 Å². The highest BCUT2D eigenvalue weighted by Crippen LogP contribution is 2.09. The van der Waals surface area contributed by atoms with Crippen LogP contribution in [0, 0.1) is 0 Å². The number of thioether (sulfide) groups is 1. The molecule has 16 heavy (non-hydrogen) atoms. The van der Waals surface area contributed by atoms with Gasteiger partial charge in [-0.2, -0.15) is 11.8 Å². The Morgan fingerprint density at radius 3 is 2.81 bits per heavy atom. The van der Waals surface area contributed by atoms with Crippen molar-refractivity contribution in [3.63, 3.8) is 0 Å². The first-order valence-corrected chi connectivity index (χ1v) is 6.43. The molecule has 0 aliphatic carbocycles. The van der Waals surface area contributed by atoms with Crippen LogP contribution in [-0.2, 0) is 0 Å². The van der Waals surface area contributed by atoms with Gasteiger partial charge in [0.15, 0.2) is 0 Å². The van der Waals surface area contributed by atoms with E-state index >= 15 is 0 Å². The summed E-state index contributed by atoms with van der Waals surface area (Å²) in [4.78, 5) is 17.6. The number of anilines is 1. The summed E-state index contributed by atoms with van der Waals surface area (Å²) < 4.78 is 0. The minimum atomic E-state index is -0.0194. The van der Waals surface area contributed by atoms with Crippen molar-refractivity contribution in [2.75, 3.05) is 24.8 Å². The normalized spacial score (nSPS) is 12.2. The lowest BCUT2D eigenvalue weighted by atomic mass is 10.2. The number of hydrogen-bond donors (Lipinski definition) is 1. The van der Waals surface area contributed by atoms with Gasteiger partial charge in [0.25, 0.3) is 5.91 Å². The van der Waals surface area contributed by atoms with E-state index in [9.17, 15) is 4.79 Å². The van der Waals surface area contributed by atoms with Gasteiger partial charge in [-0.15, -0.1) is 0 Å². The Balaban J connectivity index is 2.73. The number of amides is 1. The third-order valence-electron chi connectivity index (χ3n) is 2.42. The van der Waals surface area contributed by atoms with Crippen LogP contribution >= 0.6 is 11.8 Å². The van der Waals surface area contributed by atoms with E-state index in [1.165, 1.54) is 6.20 Å². The predicted octanol–water partition coefficient (Wildman–Crippen LogP) is 1.49. The van der Waals surface area contributed by atoms with Crippen LogP contribution in [0.5, 0.6) is 0 Å². The lowest BCUT2D eigenvalue weighted by molar-refractivity contribution is 0.0757. The minimum absolute atomic E-state index is 0.0194. The number of carbonyl (C=O) groups excluding carboxylic acids is 1. The predicted molar refractivity (Wildman–Crippen MR) is 68.6 cm³/mol. The number of rotatable bonds is 4. The summed E-state index contributed by atoms with van der Waals surface area (Å²) in [5, 5.41) is 0. The Bertz CT molecular complexity index is 353. The van der Waals surface area contributed by atoms with Crippen molar-refractivity contribution in [2.24, 2.45) is 0 Å². The summed E-state index contributed by atoms with van der Waals surface area (Å²) in [6.07, 6.45) is 3.54. The Morgan fingerprint density at radius 2 is 2.31 bits per heavy atom. The van der Waals surface area contributed by atoms with E-state index in [0.717, 1.165) is 5.75 Å². The van der Waals surface area contributed by atoms with Gasteiger partial charge in [0.05, 0.1) is 5.56 Å². The molecule has 1 unspecified atom stereocenters. The van der Waals surface area contributed by atoms with E-state index in [2.05, 4.69) is 4.98 Å². The third kappa shape index (κ3) is 3.13. The van der Waals surface area contributed by atoms with Gasteiger partial charge < -0.3 is 10.6 Å². The topological polar surface area (TPSA) is 59.2 Å². The second kappa shape index (κ2) is 5.75. The quantitative estimate of drug-likeness (QED) is 0.864. The first kappa shape index (κ1) is 12.8. The molecule has 1 atom stereocenters. The van der Waals surface area contributed by atoms with Gasteiger partial charge in [-0.3, -0.25) is 4.79 Å². The van der Waals surface area contributed by atoms with Crippen molar-refractivity contribution in [1.82, 2.24) is 9.88 Å².